The monoisotopic (exact) mass is 318 g/mol. The molecule has 2 rings (SSSR count). The number of pyridine rings is 1. The van der Waals surface area contributed by atoms with E-state index in [1.807, 2.05) is 0 Å². The SMILES string of the molecule is CC(O)c1cn(C(C)(C)C(N)=O)cc(-c2ccc(F)cc2)c1=O. The van der Waals surface area contributed by atoms with Crippen LogP contribution in [0.25, 0.3) is 11.1 Å². The van der Waals surface area contributed by atoms with Gasteiger partial charge in [-0.2, -0.15) is 0 Å². The van der Waals surface area contributed by atoms with Gasteiger partial charge in [-0.3, -0.25) is 9.59 Å². The van der Waals surface area contributed by atoms with Crippen LogP contribution in [0, 0.1) is 5.82 Å². The fraction of sp³-hybridized carbons (Fsp3) is 0.294. The van der Waals surface area contributed by atoms with E-state index >= 15 is 0 Å². The first-order valence-electron chi connectivity index (χ1n) is 7.15. The van der Waals surface area contributed by atoms with Crippen LogP contribution in [-0.4, -0.2) is 15.6 Å². The van der Waals surface area contributed by atoms with Crippen molar-refractivity contribution in [3.63, 3.8) is 0 Å². The van der Waals surface area contributed by atoms with Gasteiger partial charge in [-0.1, -0.05) is 12.1 Å². The zero-order valence-electron chi connectivity index (χ0n) is 13.2. The predicted molar refractivity (Wildman–Crippen MR) is 85.2 cm³/mol. The number of aromatic nitrogens is 1. The van der Waals surface area contributed by atoms with Gasteiger partial charge < -0.3 is 15.4 Å². The molecule has 0 aliphatic carbocycles. The Morgan fingerprint density at radius 3 is 2.30 bits per heavy atom. The highest BCUT2D eigenvalue weighted by molar-refractivity contribution is 5.82. The van der Waals surface area contributed by atoms with Crippen LogP contribution in [-0.2, 0) is 10.3 Å². The number of primary amides is 1. The van der Waals surface area contributed by atoms with Crippen molar-refractivity contribution in [3.05, 3.63) is 58.3 Å². The Balaban J connectivity index is 2.76. The zero-order valence-corrected chi connectivity index (χ0v) is 13.2. The minimum atomic E-state index is -1.09. The molecule has 5 nitrogen and oxygen atoms in total. The number of carbonyl (C=O) groups is 1. The third kappa shape index (κ3) is 3.17. The van der Waals surface area contributed by atoms with Crippen molar-refractivity contribution in [1.82, 2.24) is 4.57 Å². The van der Waals surface area contributed by atoms with Crippen molar-refractivity contribution >= 4 is 5.91 Å². The summed E-state index contributed by atoms with van der Waals surface area (Å²) < 4.78 is 14.6. The third-order valence-electron chi connectivity index (χ3n) is 3.91. The second-order valence-electron chi connectivity index (χ2n) is 5.97. The summed E-state index contributed by atoms with van der Waals surface area (Å²) in [6.07, 6.45) is 1.90. The lowest BCUT2D eigenvalue weighted by Crippen LogP contribution is -2.41. The van der Waals surface area contributed by atoms with Crippen LogP contribution < -0.4 is 11.2 Å². The van der Waals surface area contributed by atoms with E-state index in [9.17, 15) is 19.1 Å². The van der Waals surface area contributed by atoms with Crippen LogP contribution in [0.5, 0.6) is 0 Å². The molecule has 1 unspecified atom stereocenters. The van der Waals surface area contributed by atoms with Crippen molar-refractivity contribution < 1.29 is 14.3 Å². The number of amides is 1. The molecular formula is C17H19FN2O3. The van der Waals surface area contributed by atoms with E-state index in [4.69, 9.17) is 5.73 Å². The van der Waals surface area contributed by atoms with Gasteiger partial charge in [0.05, 0.1) is 6.10 Å². The Hall–Kier alpha value is -2.47. The number of nitrogens with two attached hydrogens (primary N) is 1. The highest BCUT2D eigenvalue weighted by atomic mass is 19.1. The molecule has 0 aliphatic heterocycles. The van der Waals surface area contributed by atoms with Crippen LogP contribution in [0.15, 0.2) is 41.5 Å². The second-order valence-corrected chi connectivity index (χ2v) is 5.97. The van der Waals surface area contributed by atoms with E-state index in [-0.39, 0.29) is 16.6 Å². The first-order chi connectivity index (χ1) is 10.6. The van der Waals surface area contributed by atoms with Crippen LogP contribution in [0.2, 0.25) is 0 Å². The summed E-state index contributed by atoms with van der Waals surface area (Å²) >= 11 is 0. The normalized spacial score (nSPS) is 12.9. The molecule has 1 aromatic carbocycles. The highest BCUT2D eigenvalue weighted by Crippen LogP contribution is 2.23. The standard InChI is InChI=1S/C17H19FN2O3/c1-10(21)13-8-20(17(2,3)16(19)23)9-14(15(13)22)11-4-6-12(18)7-5-11/h4-10,21H,1-3H3,(H2,19,23). The molecule has 0 saturated carbocycles. The molecule has 0 radical (unpaired) electrons. The van der Waals surface area contributed by atoms with E-state index in [1.165, 1.54) is 48.1 Å². The van der Waals surface area contributed by atoms with Gasteiger partial charge in [0.15, 0.2) is 5.43 Å². The fourth-order valence-corrected chi connectivity index (χ4v) is 2.18. The van der Waals surface area contributed by atoms with Gasteiger partial charge in [-0.25, -0.2) is 4.39 Å². The fourth-order valence-electron chi connectivity index (χ4n) is 2.18. The van der Waals surface area contributed by atoms with Gasteiger partial charge in [-0.05, 0) is 38.5 Å². The minimum Gasteiger partial charge on any atom is -0.389 e. The van der Waals surface area contributed by atoms with Crippen molar-refractivity contribution in [3.8, 4) is 11.1 Å². The molecule has 0 fully saturated rings. The van der Waals surface area contributed by atoms with Gasteiger partial charge in [0, 0.05) is 23.5 Å². The molecule has 3 N–H and O–H groups in total. The molecule has 0 aliphatic rings. The molecule has 1 aromatic heterocycles. The van der Waals surface area contributed by atoms with Crippen molar-refractivity contribution in [1.29, 1.82) is 0 Å². The molecular weight excluding hydrogens is 299 g/mol. The lowest BCUT2D eigenvalue weighted by atomic mass is 9.99. The van der Waals surface area contributed by atoms with E-state index in [0.29, 0.717) is 5.56 Å². The second kappa shape index (κ2) is 5.96. The molecule has 1 heterocycles. The molecule has 1 amide bonds. The Labute approximate surface area is 133 Å². The molecule has 0 spiro atoms. The van der Waals surface area contributed by atoms with Crippen molar-refractivity contribution in [2.24, 2.45) is 5.73 Å². The number of nitrogens with zero attached hydrogens (tertiary/aromatic N) is 1. The Bertz CT molecular complexity index is 792. The number of aliphatic hydroxyl groups is 1. The summed E-state index contributed by atoms with van der Waals surface area (Å²) in [6.45, 7) is 4.69. The third-order valence-corrected chi connectivity index (χ3v) is 3.91. The maximum absolute atomic E-state index is 13.1. The van der Waals surface area contributed by atoms with Crippen LogP contribution in [0.4, 0.5) is 4.39 Å². The van der Waals surface area contributed by atoms with E-state index in [1.54, 1.807) is 13.8 Å². The van der Waals surface area contributed by atoms with Crippen molar-refractivity contribution in [2.75, 3.05) is 0 Å². The largest absolute Gasteiger partial charge is 0.389 e. The molecule has 1 atom stereocenters. The molecule has 6 heteroatoms. The lowest BCUT2D eigenvalue weighted by Gasteiger charge is -2.26. The molecule has 23 heavy (non-hydrogen) atoms. The van der Waals surface area contributed by atoms with E-state index < -0.39 is 23.4 Å². The number of aliphatic hydroxyl groups excluding tert-OH is 1. The average Bonchev–Trinajstić information content (AvgIpc) is 2.47. The number of rotatable bonds is 4. The lowest BCUT2D eigenvalue weighted by molar-refractivity contribution is -0.125. The van der Waals surface area contributed by atoms with Gasteiger partial charge in [0.25, 0.3) is 0 Å². The maximum atomic E-state index is 13.1. The minimum absolute atomic E-state index is 0.140. The maximum Gasteiger partial charge on any atom is 0.243 e. The summed E-state index contributed by atoms with van der Waals surface area (Å²) in [6, 6.07) is 5.43. The van der Waals surface area contributed by atoms with Gasteiger partial charge >= 0.3 is 0 Å². The average molecular weight is 318 g/mol. The number of hydrogen-bond donors (Lipinski definition) is 2. The first kappa shape index (κ1) is 16.9. The van der Waals surface area contributed by atoms with Crippen LogP contribution >= 0.6 is 0 Å². The van der Waals surface area contributed by atoms with Crippen molar-refractivity contribution in [2.45, 2.75) is 32.4 Å². The number of benzene rings is 1. The quantitative estimate of drug-likeness (QED) is 0.903. The van der Waals surface area contributed by atoms with Gasteiger partial charge in [0.2, 0.25) is 5.91 Å². The first-order valence-corrected chi connectivity index (χ1v) is 7.15. The number of hydrogen-bond acceptors (Lipinski definition) is 3. The predicted octanol–water partition coefficient (Wildman–Crippen LogP) is 1.93. The van der Waals surface area contributed by atoms with Crippen LogP contribution in [0.1, 0.15) is 32.4 Å². The van der Waals surface area contributed by atoms with E-state index in [2.05, 4.69) is 0 Å². The molecule has 0 saturated heterocycles. The molecule has 122 valence electrons. The van der Waals surface area contributed by atoms with Crippen LogP contribution in [0.3, 0.4) is 0 Å². The summed E-state index contributed by atoms with van der Waals surface area (Å²) in [5.74, 6) is -0.999. The Morgan fingerprint density at radius 1 is 1.26 bits per heavy atom. The topological polar surface area (TPSA) is 85.3 Å². The van der Waals surface area contributed by atoms with Gasteiger partial charge in [-0.15, -0.1) is 0 Å². The summed E-state index contributed by atoms with van der Waals surface area (Å²) in [5, 5.41) is 9.86. The molecule has 0 bridgehead atoms. The molecule has 2 aromatic rings. The van der Waals surface area contributed by atoms with Gasteiger partial charge in [0.1, 0.15) is 11.4 Å². The van der Waals surface area contributed by atoms with E-state index in [0.717, 1.165) is 0 Å². The summed E-state index contributed by atoms with van der Waals surface area (Å²) in [5.41, 5.74) is 4.86. The Kier molecular flexibility index (Phi) is 4.38. The highest BCUT2D eigenvalue weighted by Gasteiger charge is 2.28. The summed E-state index contributed by atoms with van der Waals surface area (Å²) in [4.78, 5) is 24.3. The summed E-state index contributed by atoms with van der Waals surface area (Å²) in [7, 11) is 0. The number of carbonyl (C=O) groups excluding carboxylic acids is 1. The number of halogens is 1. The Morgan fingerprint density at radius 2 is 1.83 bits per heavy atom. The smallest absolute Gasteiger partial charge is 0.243 e. The zero-order chi connectivity index (χ0) is 17.4.